The maximum absolute atomic E-state index is 12.5. The highest BCUT2D eigenvalue weighted by atomic mass is 32.2. The Balaban J connectivity index is 1.37. The number of nitrogens with zero attached hydrogens (tertiary/aromatic N) is 2. The zero-order valence-corrected chi connectivity index (χ0v) is 14.9. The Morgan fingerprint density at radius 1 is 1.12 bits per heavy atom. The summed E-state index contributed by atoms with van der Waals surface area (Å²) in [5.41, 5.74) is 6.24. The normalized spacial score (nSPS) is 17.2. The van der Waals surface area contributed by atoms with Crippen LogP contribution >= 0.6 is 0 Å². The number of carbonyl (C=O) groups is 1. The Bertz CT molecular complexity index is 988. The van der Waals surface area contributed by atoms with Gasteiger partial charge in [0, 0.05) is 11.8 Å². The Morgan fingerprint density at radius 3 is 2.46 bits per heavy atom. The third kappa shape index (κ3) is 2.42. The van der Waals surface area contributed by atoms with Crippen LogP contribution in [0.5, 0.6) is 0 Å². The van der Waals surface area contributed by atoms with Crippen LogP contribution in [0.3, 0.4) is 0 Å². The minimum Gasteiger partial charge on any atom is -0.373 e. The van der Waals surface area contributed by atoms with Crippen molar-refractivity contribution >= 4 is 21.7 Å². The summed E-state index contributed by atoms with van der Waals surface area (Å²) < 4.78 is 33.9. The summed E-state index contributed by atoms with van der Waals surface area (Å²) in [7, 11) is -4.03. The molecule has 0 radical (unpaired) electrons. The average molecular weight is 374 g/mol. The van der Waals surface area contributed by atoms with Crippen LogP contribution in [-0.2, 0) is 53.6 Å². The number of rotatable bonds is 3. The topological polar surface area (TPSA) is 102 Å². The highest BCUT2D eigenvalue weighted by Crippen LogP contribution is 2.40. The summed E-state index contributed by atoms with van der Waals surface area (Å²) >= 11 is 0. The summed E-state index contributed by atoms with van der Waals surface area (Å²) in [6.45, 7) is 1.31. The molecule has 1 aromatic heterocycles. The molecule has 0 atom stereocenters. The van der Waals surface area contributed by atoms with Crippen molar-refractivity contribution < 1.29 is 17.9 Å². The van der Waals surface area contributed by atoms with E-state index in [9.17, 15) is 13.2 Å². The first-order valence-electron chi connectivity index (χ1n) is 8.66. The predicted octanol–water partition coefficient (Wildman–Crippen LogP) is 1.12. The van der Waals surface area contributed by atoms with Crippen LogP contribution in [0.25, 0.3) is 0 Å². The van der Waals surface area contributed by atoms with Crippen LogP contribution in [0.1, 0.15) is 27.9 Å². The second-order valence-electron chi connectivity index (χ2n) is 6.84. The lowest BCUT2D eigenvalue weighted by Gasteiger charge is -2.32. The standard InChI is InChI=1S/C17H18N4O4S/c22-17(18-16-13-3-1-10(13)7-11-2-4-14(11)16)20-26(23,24)15-8-12-9-25-6-5-21(12)19-15/h7-8H,1-6,9H2,(H2,18,20,22). The van der Waals surface area contributed by atoms with E-state index < -0.39 is 16.1 Å². The molecule has 0 saturated carbocycles. The van der Waals surface area contributed by atoms with Gasteiger partial charge in [-0.25, -0.2) is 9.52 Å². The van der Waals surface area contributed by atoms with Gasteiger partial charge in [0.25, 0.3) is 10.0 Å². The first kappa shape index (κ1) is 15.8. The van der Waals surface area contributed by atoms with Crippen molar-refractivity contribution in [2.45, 2.75) is 43.9 Å². The molecule has 26 heavy (non-hydrogen) atoms. The second kappa shape index (κ2) is 5.55. The smallest absolute Gasteiger partial charge is 0.333 e. The summed E-state index contributed by atoms with van der Waals surface area (Å²) in [4.78, 5) is 12.4. The van der Waals surface area contributed by atoms with Crippen molar-refractivity contribution in [2.24, 2.45) is 0 Å². The van der Waals surface area contributed by atoms with Gasteiger partial charge < -0.3 is 10.1 Å². The quantitative estimate of drug-likeness (QED) is 0.838. The fraction of sp³-hybridized carbons (Fsp3) is 0.412. The lowest BCUT2D eigenvalue weighted by Crippen LogP contribution is -2.36. The Morgan fingerprint density at radius 2 is 1.85 bits per heavy atom. The summed E-state index contributed by atoms with van der Waals surface area (Å²) in [5.74, 6) is 0. The number of urea groups is 1. The number of benzene rings is 1. The van der Waals surface area contributed by atoms with E-state index in [1.165, 1.54) is 17.2 Å². The monoisotopic (exact) mass is 374 g/mol. The molecule has 2 amide bonds. The maximum atomic E-state index is 12.5. The van der Waals surface area contributed by atoms with E-state index in [-0.39, 0.29) is 5.03 Å². The van der Waals surface area contributed by atoms with Gasteiger partial charge in [-0.15, -0.1) is 0 Å². The van der Waals surface area contributed by atoms with Crippen LogP contribution in [0.2, 0.25) is 0 Å². The highest BCUT2D eigenvalue weighted by Gasteiger charge is 2.29. The van der Waals surface area contributed by atoms with Crippen LogP contribution in [0, 0.1) is 0 Å². The van der Waals surface area contributed by atoms with Gasteiger partial charge in [0.15, 0.2) is 5.03 Å². The minimum atomic E-state index is -4.03. The number of aromatic nitrogens is 2. The summed E-state index contributed by atoms with van der Waals surface area (Å²) in [5, 5.41) is 6.67. The molecule has 9 heteroatoms. The molecule has 3 aliphatic rings. The number of carbonyl (C=O) groups excluding carboxylic acids is 1. The fourth-order valence-corrected chi connectivity index (χ4v) is 4.63. The molecular weight excluding hydrogens is 356 g/mol. The van der Waals surface area contributed by atoms with Gasteiger partial charge in [-0.1, -0.05) is 6.07 Å². The Hall–Kier alpha value is -2.39. The van der Waals surface area contributed by atoms with Crippen molar-refractivity contribution in [3.8, 4) is 0 Å². The van der Waals surface area contributed by atoms with E-state index in [4.69, 9.17) is 4.74 Å². The van der Waals surface area contributed by atoms with E-state index in [2.05, 4.69) is 21.2 Å². The van der Waals surface area contributed by atoms with Crippen molar-refractivity contribution in [1.29, 1.82) is 0 Å². The largest absolute Gasteiger partial charge is 0.373 e. The number of fused-ring (bicyclic) bond motifs is 3. The molecule has 2 aliphatic carbocycles. The zero-order valence-electron chi connectivity index (χ0n) is 14.0. The average Bonchev–Trinajstić information content (AvgIpc) is 2.96. The molecule has 0 saturated heterocycles. The van der Waals surface area contributed by atoms with Crippen LogP contribution in [-0.4, -0.2) is 30.8 Å². The van der Waals surface area contributed by atoms with E-state index in [0.717, 1.165) is 42.5 Å². The lowest BCUT2D eigenvalue weighted by atomic mass is 9.76. The minimum absolute atomic E-state index is 0.165. The van der Waals surface area contributed by atoms with Gasteiger partial charge in [-0.2, -0.15) is 13.5 Å². The number of hydrogen-bond acceptors (Lipinski definition) is 5. The van der Waals surface area contributed by atoms with Gasteiger partial charge >= 0.3 is 6.03 Å². The van der Waals surface area contributed by atoms with Crippen molar-refractivity contribution in [3.63, 3.8) is 0 Å². The zero-order chi connectivity index (χ0) is 17.9. The van der Waals surface area contributed by atoms with Gasteiger partial charge in [0.2, 0.25) is 0 Å². The SMILES string of the molecule is O=C(Nc1c2c(cc3c1CC3)CC2)NS(=O)(=O)c1cc2n(n1)CCOC2. The number of ether oxygens (including phenoxy) is 1. The summed E-state index contributed by atoms with van der Waals surface area (Å²) in [6, 6.07) is 2.90. The van der Waals surface area contributed by atoms with Gasteiger partial charge in [-0.3, -0.25) is 4.68 Å². The molecule has 1 aromatic carbocycles. The number of aryl methyl sites for hydroxylation is 2. The first-order valence-corrected chi connectivity index (χ1v) is 10.1. The molecule has 2 aromatic rings. The molecule has 0 bridgehead atoms. The molecule has 1 aliphatic heterocycles. The number of anilines is 1. The highest BCUT2D eigenvalue weighted by molar-refractivity contribution is 7.90. The molecule has 2 N–H and O–H groups in total. The van der Waals surface area contributed by atoms with Crippen LogP contribution in [0.4, 0.5) is 10.5 Å². The number of hydrogen-bond donors (Lipinski definition) is 2. The molecule has 0 unspecified atom stereocenters. The maximum Gasteiger partial charge on any atom is 0.333 e. The van der Waals surface area contributed by atoms with E-state index in [1.54, 1.807) is 4.68 Å². The van der Waals surface area contributed by atoms with Crippen molar-refractivity contribution in [1.82, 2.24) is 14.5 Å². The van der Waals surface area contributed by atoms with Crippen LogP contribution in [0.15, 0.2) is 17.2 Å². The third-order valence-electron chi connectivity index (χ3n) is 5.30. The van der Waals surface area contributed by atoms with E-state index in [1.807, 2.05) is 0 Å². The Kier molecular flexibility index (Phi) is 3.38. The Labute approximate surface area is 150 Å². The molecule has 5 rings (SSSR count). The van der Waals surface area contributed by atoms with Crippen molar-refractivity contribution in [2.75, 3.05) is 11.9 Å². The van der Waals surface area contributed by atoms with Crippen molar-refractivity contribution in [3.05, 3.63) is 40.1 Å². The van der Waals surface area contributed by atoms with E-state index >= 15 is 0 Å². The fourth-order valence-electron chi connectivity index (χ4n) is 3.73. The number of amides is 2. The van der Waals surface area contributed by atoms with Crippen LogP contribution < -0.4 is 10.0 Å². The van der Waals surface area contributed by atoms with E-state index in [0.29, 0.717) is 25.5 Å². The van der Waals surface area contributed by atoms with Gasteiger partial charge in [-0.05, 0) is 47.9 Å². The summed E-state index contributed by atoms with van der Waals surface area (Å²) in [6.07, 6.45) is 3.86. The van der Waals surface area contributed by atoms with Gasteiger partial charge in [0.1, 0.15) is 0 Å². The van der Waals surface area contributed by atoms with Gasteiger partial charge in [0.05, 0.1) is 25.5 Å². The number of sulfonamides is 1. The molecule has 0 spiro atoms. The molecule has 136 valence electrons. The third-order valence-corrected chi connectivity index (χ3v) is 6.50. The first-order chi connectivity index (χ1) is 12.5. The lowest BCUT2D eigenvalue weighted by molar-refractivity contribution is 0.0799. The second-order valence-corrected chi connectivity index (χ2v) is 8.47. The number of nitrogens with one attached hydrogen (secondary N) is 2. The molecule has 0 fully saturated rings. The molecule has 2 heterocycles. The predicted molar refractivity (Wildman–Crippen MR) is 92.5 cm³/mol. The molecule has 8 nitrogen and oxygen atoms in total. The molecular formula is C17H18N4O4S.